The van der Waals surface area contributed by atoms with Crippen molar-refractivity contribution in [2.45, 2.75) is 38.8 Å². The summed E-state index contributed by atoms with van der Waals surface area (Å²) in [6.07, 6.45) is 0. The molecule has 43 heavy (non-hydrogen) atoms. The Bertz CT molecular complexity index is 2500. The Morgan fingerprint density at radius 2 is 1.28 bits per heavy atom. The molecule has 0 unspecified atom stereocenters. The summed E-state index contributed by atoms with van der Waals surface area (Å²) in [5.74, 6) is 0. The minimum atomic E-state index is -0.159. The van der Waals surface area contributed by atoms with E-state index in [1.165, 1.54) is 63.6 Å². The maximum Gasteiger partial charge on any atom is 0.159 e. The van der Waals surface area contributed by atoms with Crippen LogP contribution < -0.4 is 0 Å². The van der Waals surface area contributed by atoms with Crippen LogP contribution in [0.25, 0.3) is 60.6 Å². The lowest BCUT2D eigenvalue weighted by Crippen LogP contribution is -2.16. The van der Waals surface area contributed by atoms with Crippen molar-refractivity contribution in [3.05, 3.63) is 126 Å². The van der Waals surface area contributed by atoms with Gasteiger partial charge in [-0.1, -0.05) is 122 Å². The summed E-state index contributed by atoms with van der Waals surface area (Å²) in [6, 6.07) is 42.1. The number of hydrogen-bond acceptors (Lipinski definition) is 3. The summed E-state index contributed by atoms with van der Waals surface area (Å²) in [7, 11) is 0. The Morgan fingerprint density at radius 3 is 2.19 bits per heavy atom. The first-order valence-corrected chi connectivity index (χ1v) is 16.3. The zero-order chi connectivity index (χ0) is 28.4. The highest BCUT2D eigenvalue weighted by atomic mass is 32.2. The molecule has 0 saturated heterocycles. The van der Waals surface area contributed by atoms with Crippen molar-refractivity contribution >= 4 is 67.3 Å². The van der Waals surface area contributed by atoms with Gasteiger partial charge in [-0.15, -0.1) is 0 Å². The van der Waals surface area contributed by atoms with Crippen molar-refractivity contribution in [3.63, 3.8) is 0 Å². The first kappa shape index (κ1) is 24.1. The molecule has 0 spiro atoms. The van der Waals surface area contributed by atoms with Gasteiger partial charge >= 0.3 is 0 Å². The summed E-state index contributed by atoms with van der Waals surface area (Å²) in [4.78, 5) is 5.24. The molecular formula is C39H25NOS2. The van der Waals surface area contributed by atoms with Crippen LogP contribution in [-0.4, -0.2) is 4.57 Å². The standard InChI is InChI=1S/C39H25NOS2/c1-39(2)28-13-5-3-10-22(28)24-18-19-25-26-20-21-33-38(43-32-17-8-7-16-31(32)42-33)36(26)40(35(25)34(24)39)29-14-9-12-27-23-11-4-6-15-30(23)41-37(27)29/h3-21H,1-2H3. The van der Waals surface area contributed by atoms with Crippen molar-refractivity contribution in [2.24, 2.45) is 0 Å². The average molecular weight is 588 g/mol. The number of nitrogens with zero attached hydrogens (tertiary/aromatic N) is 1. The van der Waals surface area contributed by atoms with Gasteiger partial charge in [-0.25, -0.2) is 0 Å². The van der Waals surface area contributed by atoms with Gasteiger partial charge in [-0.3, -0.25) is 0 Å². The van der Waals surface area contributed by atoms with E-state index < -0.39 is 0 Å². The zero-order valence-corrected chi connectivity index (χ0v) is 25.3. The number of rotatable bonds is 1. The molecule has 1 aliphatic heterocycles. The van der Waals surface area contributed by atoms with Crippen molar-refractivity contribution in [1.82, 2.24) is 4.57 Å². The number of aromatic nitrogens is 1. The number of para-hydroxylation sites is 2. The predicted octanol–water partition coefficient (Wildman–Crippen LogP) is 11.6. The first-order valence-electron chi connectivity index (χ1n) is 14.7. The molecule has 0 amide bonds. The molecule has 10 rings (SSSR count). The van der Waals surface area contributed by atoms with Crippen molar-refractivity contribution in [1.29, 1.82) is 0 Å². The van der Waals surface area contributed by atoms with Crippen LogP contribution in [0, 0.1) is 0 Å². The molecule has 6 aromatic carbocycles. The van der Waals surface area contributed by atoms with Gasteiger partial charge in [-0.05, 0) is 52.6 Å². The van der Waals surface area contributed by atoms with Gasteiger partial charge < -0.3 is 8.98 Å². The molecule has 4 heteroatoms. The second-order valence-electron chi connectivity index (χ2n) is 12.1. The van der Waals surface area contributed by atoms with Crippen molar-refractivity contribution < 1.29 is 4.42 Å². The molecule has 8 aromatic rings. The predicted molar refractivity (Wildman–Crippen MR) is 180 cm³/mol. The van der Waals surface area contributed by atoms with Crippen molar-refractivity contribution in [3.8, 4) is 16.8 Å². The van der Waals surface area contributed by atoms with E-state index >= 15 is 0 Å². The molecule has 1 aliphatic carbocycles. The van der Waals surface area contributed by atoms with Crippen LogP contribution >= 0.6 is 23.5 Å². The normalized spacial score (nSPS) is 14.7. The van der Waals surface area contributed by atoms with E-state index in [-0.39, 0.29) is 5.41 Å². The van der Waals surface area contributed by atoms with Gasteiger partial charge in [0.1, 0.15) is 5.58 Å². The third-order valence-corrected chi connectivity index (χ3v) is 12.0. The molecule has 3 heterocycles. The van der Waals surface area contributed by atoms with Gasteiger partial charge in [0.15, 0.2) is 5.58 Å². The highest BCUT2D eigenvalue weighted by Gasteiger charge is 2.39. The summed E-state index contributed by atoms with van der Waals surface area (Å²) in [5, 5.41) is 4.87. The van der Waals surface area contributed by atoms with E-state index in [9.17, 15) is 0 Å². The monoisotopic (exact) mass is 587 g/mol. The minimum Gasteiger partial charge on any atom is -0.454 e. The van der Waals surface area contributed by atoms with Crippen LogP contribution in [0.3, 0.4) is 0 Å². The maximum absolute atomic E-state index is 6.71. The van der Waals surface area contributed by atoms with Crippen LogP contribution in [0.1, 0.15) is 25.0 Å². The van der Waals surface area contributed by atoms with Gasteiger partial charge in [0.25, 0.3) is 0 Å². The second-order valence-corrected chi connectivity index (χ2v) is 14.2. The van der Waals surface area contributed by atoms with E-state index in [1.54, 1.807) is 0 Å². The van der Waals surface area contributed by atoms with Crippen LogP contribution in [0.2, 0.25) is 0 Å². The van der Waals surface area contributed by atoms with E-state index in [0.717, 1.165) is 27.6 Å². The molecule has 0 atom stereocenters. The lowest BCUT2D eigenvalue weighted by Gasteiger charge is -2.24. The van der Waals surface area contributed by atoms with Gasteiger partial charge in [0, 0.05) is 41.6 Å². The van der Waals surface area contributed by atoms with Crippen molar-refractivity contribution in [2.75, 3.05) is 0 Å². The molecule has 0 fully saturated rings. The van der Waals surface area contributed by atoms with Crippen LogP contribution in [0.4, 0.5) is 0 Å². The molecule has 0 N–H and O–H groups in total. The summed E-state index contributed by atoms with van der Waals surface area (Å²) >= 11 is 3.77. The average Bonchev–Trinajstić information content (AvgIpc) is 3.66. The molecular weight excluding hydrogens is 563 g/mol. The molecule has 0 radical (unpaired) electrons. The highest BCUT2D eigenvalue weighted by Crippen LogP contribution is 2.56. The first-order chi connectivity index (χ1) is 21.1. The third-order valence-electron chi connectivity index (χ3n) is 9.43. The van der Waals surface area contributed by atoms with E-state index in [2.05, 4.69) is 134 Å². The molecule has 0 bridgehead atoms. The molecule has 204 valence electrons. The lowest BCUT2D eigenvalue weighted by atomic mass is 9.81. The topological polar surface area (TPSA) is 18.1 Å². The Labute approximate surface area is 257 Å². The highest BCUT2D eigenvalue weighted by molar-refractivity contribution is 8.05. The number of hydrogen-bond donors (Lipinski definition) is 0. The molecule has 2 aromatic heterocycles. The lowest BCUT2D eigenvalue weighted by molar-refractivity contribution is 0.660. The summed E-state index contributed by atoms with van der Waals surface area (Å²) < 4.78 is 9.25. The number of furan rings is 1. The zero-order valence-electron chi connectivity index (χ0n) is 23.6. The van der Waals surface area contributed by atoms with Gasteiger partial charge in [0.2, 0.25) is 0 Å². The van der Waals surface area contributed by atoms with Crippen LogP contribution in [-0.2, 0) is 5.41 Å². The minimum absolute atomic E-state index is 0.159. The Kier molecular flexibility index (Phi) is 4.69. The smallest absolute Gasteiger partial charge is 0.159 e. The fourth-order valence-electron chi connectivity index (χ4n) is 7.57. The van der Waals surface area contributed by atoms with E-state index in [0.29, 0.717) is 0 Å². The maximum atomic E-state index is 6.71. The Balaban J connectivity index is 1.41. The largest absolute Gasteiger partial charge is 0.454 e. The fourth-order valence-corrected chi connectivity index (χ4v) is 9.95. The quantitative estimate of drug-likeness (QED) is 0.190. The van der Waals surface area contributed by atoms with Crippen LogP contribution in [0.5, 0.6) is 0 Å². The summed E-state index contributed by atoms with van der Waals surface area (Å²) in [6.45, 7) is 4.77. The SMILES string of the molecule is CC1(C)c2ccccc2-c2ccc3c4ccc5c(c4n(-c4cccc6c4oc4ccccc46)c3c21)Sc1ccccc1S5. The van der Waals surface area contributed by atoms with Crippen LogP contribution in [0.15, 0.2) is 139 Å². The molecule has 0 saturated carbocycles. The van der Waals surface area contributed by atoms with E-state index in [1.807, 2.05) is 23.5 Å². The molecule has 2 nitrogen and oxygen atoms in total. The van der Waals surface area contributed by atoms with Gasteiger partial charge in [0.05, 0.1) is 21.6 Å². The fraction of sp³-hybridized carbons (Fsp3) is 0.0769. The summed E-state index contributed by atoms with van der Waals surface area (Å²) in [5.41, 5.74) is 10.8. The number of fused-ring (bicyclic) bond motifs is 13. The second kappa shape index (κ2) is 8.37. The Hall–Kier alpha value is -4.38. The van der Waals surface area contributed by atoms with E-state index in [4.69, 9.17) is 4.42 Å². The molecule has 2 aliphatic rings. The Morgan fingerprint density at radius 1 is 0.558 bits per heavy atom. The third kappa shape index (κ3) is 3.07. The number of benzene rings is 6. The van der Waals surface area contributed by atoms with Gasteiger partial charge in [-0.2, -0.15) is 0 Å².